The van der Waals surface area contributed by atoms with E-state index in [2.05, 4.69) is 15.4 Å². The van der Waals surface area contributed by atoms with Crippen LogP contribution in [0, 0.1) is 0 Å². The number of esters is 1. The Bertz CT molecular complexity index is 851. The third kappa shape index (κ3) is 4.32. The SMILES string of the molecule is COC(=O)c1ccc(NC(=O)C(=O)NCC2(O)Cc3ccccc3C2)cc1. The third-order valence-corrected chi connectivity index (χ3v) is 4.51. The number of anilines is 1. The van der Waals surface area contributed by atoms with Gasteiger partial charge in [0.1, 0.15) is 0 Å². The highest BCUT2D eigenvalue weighted by Gasteiger charge is 2.35. The number of amides is 2. The second-order valence-electron chi connectivity index (χ2n) is 6.55. The zero-order valence-electron chi connectivity index (χ0n) is 14.8. The lowest BCUT2D eigenvalue weighted by Crippen LogP contribution is -2.46. The summed E-state index contributed by atoms with van der Waals surface area (Å²) in [4.78, 5) is 35.4. The molecule has 1 aliphatic rings. The van der Waals surface area contributed by atoms with E-state index < -0.39 is 23.4 Å². The molecule has 0 fully saturated rings. The van der Waals surface area contributed by atoms with Crippen LogP contribution in [0.3, 0.4) is 0 Å². The molecule has 2 aromatic rings. The van der Waals surface area contributed by atoms with Crippen LogP contribution < -0.4 is 10.6 Å². The standard InChI is InChI=1S/C20H20N2O5/c1-27-19(25)13-6-8-16(9-7-13)22-18(24)17(23)21-12-20(26)10-14-4-2-3-5-15(14)11-20/h2-9,26H,10-12H2,1H3,(H,21,23)(H,22,24). The zero-order chi connectivity index (χ0) is 19.4. The van der Waals surface area contributed by atoms with E-state index in [4.69, 9.17) is 0 Å². The van der Waals surface area contributed by atoms with Crippen molar-refractivity contribution in [3.63, 3.8) is 0 Å². The monoisotopic (exact) mass is 368 g/mol. The summed E-state index contributed by atoms with van der Waals surface area (Å²) >= 11 is 0. The minimum Gasteiger partial charge on any atom is -0.465 e. The number of benzene rings is 2. The van der Waals surface area contributed by atoms with E-state index >= 15 is 0 Å². The number of carbonyl (C=O) groups is 3. The first kappa shape index (κ1) is 18.6. The van der Waals surface area contributed by atoms with Crippen molar-refractivity contribution in [3.05, 3.63) is 65.2 Å². The molecule has 0 radical (unpaired) electrons. The van der Waals surface area contributed by atoms with Gasteiger partial charge in [-0.25, -0.2) is 4.79 Å². The van der Waals surface area contributed by atoms with Crippen LogP contribution in [0.25, 0.3) is 0 Å². The van der Waals surface area contributed by atoms with Crippen LogP contribution in [0.1, 0.15) is 21.5 Å². The Labute approximate surface area is 156 Å². The number of hydrogen-bond donors (Lipinski definition) is 3. The lowest BCUT2D eigenvalue weighted by atomic mass is 10.0. The largest absolute Gasteiger partial charge is 0.465 e. The topological polar surface area (TPSA) is 105 Å². The highest BCUT2D eigenvalue weighted by Crippen LogP contribution is 2.29. The molecule has 7 nitrogen and oxygen atoms in total. The number of ether oxygens (including phenoxy) is 1. The lowest BCUT2D eigenvalue weighted by Gasteiger charge is -2.22. The van der Waals surface area contributed by atoms with Crippen molar-refractivity contribution in [3.8, 4) is 0 Å². The summed E-state index contributed by atoms with van der Waals surface area (Å²) < 4.78 is 4.59. The van der Waals surface area contributed by atoms with Crippen LogP contribution in [-0.2, 0) is 27.2 Å². The van der Waals surface area contributed by atoms with Crippen molar-refractivity contribution in [2.24, 2.45) is 0 Å². The number of aliphatic hydroxyl groups is 1. The summed E-state index contributed by atoms with van der Waals surface area (Å²) in [5.74, 6) is -2.17. The molecule has 0 heterocycles. The molecule has 0 spiro atoms. The fourth-order valence-corrected chi connectivity index (χ4v) is 3.12. The van der Waals surface area contributed by atoms with E-state index in [9.17, 15) is 19.5 Å². The molecule has 0 saturated carbocycles. The molecule has 0 aliphatic heterocycles. The molecule has 7 heteroatoms. The van der Waals surface area contributed by atoms with Crippen molar-refractivity contribution >= 4 is 23.5 Å². The molecule has 3 rings (SSSR count). The lowest BCUT2D eigenvalue weighted by molar-refractivity contribution is -0.136. The molecular formula is C20H20N2O5. The minimum absolute atomic E-state index is 0.0186. The predicted molar refractivity (Wildman–Crippen MR) is 98.2 cm³/mol. The van der Waals surface area contributed by atoms with Crippen molar-refractivity contribution in [2.75, 3.05) is 19.0 Å². The number of methoxy groups -OCH3 is 1. The summed E-state index contributed by atoms with van der Waals surface area (Å²) in [7, 11) is 1.28. The molecular weight excluding hydrogens is 348 g/mol. The van der Waals surface area contributed by atoms with Crippen molar-refractivity contribution < 1.29 is 24.2 Å². The van der Waals surface area contributed by atoms with Crippen LogP contribution in [0.4, 0.5) is 5.69 Å². The molecule has 27 heavy (non-hydrogen) atoms. The Kier molecular flexibility index (Phi) is 5.23. The van der Waals surface area contributed by atoms with Crippen LogP contribution in [0.2, 0.25) is 0 Å². The fraction of sp³-hybridized carbons (Fsp3) is 0.250. The van der Waals surface area contributed by atoms with E-state index in [1.54, 1.807) is 0 Å². The fourth-order valence-electron chi connectivity index (χ4n) is 3.12. The van der Waals surface area contributed by atoms with Gasteiger partial charge in [0.25, 0.3) is 0 Å². The Balaban J connectivity index is 1.53. The van der Waals surface area contributed by atoms with Gasteiger partial charge in [-0.15, -0.1) is 0 Å². The average Bonchev–Trinajstić information content (AvgIpc) is 3.02. The molecule has 2 aromatic carbocycles. The Morgan fingerprint density at radius 3 is 2.15 bits per heavy atom. The summed E-state index contributed by atoms with van der Waals surface area (Å²) in [5.41, 5.74) is 1.70. The maximum Gasteiger partial charge on any atom is 0.337 e. The average molecular weight is 368 g/mol. The van der Waals surface area contributed by atoms with E-state index in [1.165, 1.54) is 31.4 Å². The molecule has 0 bridgehead atoms. The van der Waals surface area contributed by atoms with Gasteiger partial charge in [0, 0.05) is 25.1 Å². The number of rotatable bonds is 4. The maximum atomic E-state index is 12.0. The van der Waals surface area contributed by atoms with Crippen LogP contribution in [-0.4, -0.2) is 42.1 Å². The van der Waals surface area contributed by atoms with Gasteiger partial charge in [0.15, 0.2) is 0 Å². The summed E-state index contributed by atoms with van der Waals surface area (Å²) in [6.45, 7) is -0.0186. The van der Waals surface area contributed by atoms with Crippen molar-refractivity contribution in [1.82, 2.24) is 5.32 Å². The van der Waals surface area contributed by atoms with Crippen LogP contribution >= 0.6 is 0 Å². The number of carbonyl (C=O) groups excluding carboxylic acids is 3. The molecule has 3 N–H and O–H groups in total. The summed E-state index contributed by atoms with van der Waals surface area (Å²) in [5, 5.41) is 15.6. The van der Waals surface area contributed by atoms with Gasteiger partial charge in [-0.1, -0.05) is 24.3 Å². The highest BCUT2D eigenvalue weighted by atomic mass is 16.5. The van der Waals surface area contributed by atoms with Crippen LogP contribution in [0.5, 0.6) is 0 Å². The van der Waals surface area contributed by atoms with E-state index in [-0.39, 0.29) is 6.54 Å². The quantitative estimate of drug-likeness (QED) is 0.553. The second-order valence-corrected chi connectivity index (χ2v) is 6.55. The molecule has 0 aromatic heterocycles. The molecule has 2 amide bonds. The second kappa shape index (κ2) is 7.59. The summed E-state index contributed by atoms with van der Waals surface area (Å²) in [6, 6.07) is 13.7. The van der Waals surface area contributed by atoms with Crippen LogP contribution in [0.15, 0.2) is 48.5 Å². The normalized spacial score (nSPS) is 14.1. The van der Waals surface area contributed by atoms with Gasteiger partial charge in [0.05, 0.1) is 18.3 Å². The smallest absolute Gasteiger partial charge is 0.337 e. The molecule has 1 aliphatic carbocycles. The third-order valence-electron chi connectivity index (χ3n) is 4.51. The van der Waals surface area contributed by atoms with E-state index in [1.807, 2.05) is 24.3 Å². The first-order chi connectivity index (χ1) is 12.9. The van der Waals surface area contributed by atoms with Gasteiger partial charge in [0.2, 0.25) is 0 Å². The summed E-state index contributed by atoms with van der Waals surface area (Å²) in [6.07, 6.45) is 0.861. The van der Waals surface area contributed by atoms with Gasteiger partial charge in [-0.2, -0.15) is 0 Å². The predicted octanol–water partition coefficient (Wildman–Crippen LogP) is 1.06. The zero-order valence-corrected chi connectivity index (χ0v) is 14.8. The Morgan fingerprint density at radius 2 is 1.59 bits per heavy atom. The molecule has 0 unspecified atom stereocenters. The first-order valence-corrected chi connectivity index (χ1v) is 8.47. The highest BCUT2D eigenvalue weighted by molar-refractivity contribution is 6.39. The minimum atomic E-state index is -1.10. The number of hydrogen-bond acceptors (Lipinski definition) is 5. The molecule has 0 saturated heterocycles. The maximum absolute atomic E-state index is 12.0. The van der Waals surface area contributed by atoms with Crippen molar-refractivity contribution in [2.45, 2.75) is 18.4 Å². The Morgan fingerprint density at radius 1 is 1.00 bits per heavy atom. The van der Waals surface area contributed by atoms with Gasteiger partial charge in [-0.05, 0) is 35.4 Å². The molecule has 0 atom stereocenters. The van der Waals surface area contributed by atoms with Gasteiger partial charge < -0.3 is 20.5 Å². The van der Waals surface area contributed by atoms with Crippen molar-refractivity contribution in [1.29, 1.82) is 0 Å². The van der Waals surface area contributed by atoms with Gasteiger partial charge in [-0.3, -0.25) is 9.59 Å². The van der Waals surface area contributed by atoms with Gasteiger partial charge >= 0.3 is 17.8 Å². The number of nitrogens with one attached hydrogen (secondary N) is 2. The van der Waals surface area contributed by atoms with E-state index in [0.29, 0.717) is 24.1 Å². The van der Waals surface area contributed by atoms with E-state index in [0.717, 1.165) is 11.1 Å². The number of fused-ring (bicyclic) bond motifs is 1. The molecule has 140 valence electrons. The first-order valence-electron chi connectivity index (χ1n) is 8.47. The Hall–Kier alpha value is -3.19.